The van der Waals surface area contributed by atoms with E-state index in [-0.39, 0.29) is 10.9 Å². The normalized spacial score (nSPS) is 11.7. The predicted molar refractivity (Wildman–Crippen MR) is 82.4 cm³/mol. The number of hydrogen-bond acceptors (Lipinski definition) is 5. The third-order valence-electron chi connectivity index (χ3n) is 2.80. The highest BCUT2D eigenvalue weighted by Crippen LogP contribution is 2.34. The van der Waals surface area contributed by atoms with Crippen molar-refractivity contribution < 1.29 is 17.9 Å². The van der Waals surface area contributed by atoms with Gasteiger partial charge in [0.05, 0.1) is 19.1 Å². The maximum Gasteiger partial charge on any atom is 0.240 e. The van der Waals surface area contributed by atoms with Gasteiger partial charge in [-0.05, 0) is 26.5 Å². The second-order valence-corrected chi connectivity index (χ2v) is 6.59. The monoisotopic (exact) mass is 316 g/mol. The van der Waals surface area contributed by atoms with Crippen molar-refractivity contribution in [2.45, 2.75) is 38.3 Å². The van der Waals surface area contributed by atoms with Gasteiger partial charge < -0.3 is 14.8 Å². The molecule has 0 aromatic heterocycles. The van der Waals surface area contributed by atoms with Crippen molar-refractivity contribution >= 4 is 10.0 Å². The van der Waals surface area contributed by atoms with Gasteiger partial charge in [0.1, 0.15) is 0 Å². The maximum atomic E-state index is 12.3. The van der Waals surface area contributed by atoms with Gasteiger partial charge in [0.2, 0.25) is 10.0 Å². The standard InChI is InChI=1S/C14H24N2O4S/c1-6-15-9-11-7-12(21(17,18)16-10(2)3)8-13(19-4)14(11)20-5/h7-8,10,15-16H,6,9H2,1-5H3. The molecule has 0 saturated carbocycles. The Morgan fingerprint density at radius 3 is 2.33 bits per heavy atom. The summed E-state index contributed by atoms with van der Waals surface area (Å²) in [6, 6.07) is 2.90. The first-order valence-corrected chi connectivity index (χ1v) is 8.32. The fourth-order valence-electron chi connectivity index (χ4n) is 1.94. The summed E-state index contributed by atoms with van der Waals surface area (Å²) in [4.78, 5) is 0.168. The molecule has 0 saturated heterocycles. The van der Waals surface area contributed by atoms with E-state index in [0.29, 0.717) is 18.0 Å². The molecule has 2 N–H and O–H groups in total. The molecule has 0 radical (unpaired) electrons. The molecule has 0 amide bonds. The van der Waals surface area contributed by atoms with Gasteiger partial charge in [-0.1, -0.05) is 6.92 Å². The number of benzene rings is 1. The van der Waals surface area contributed by atoms with Crippen molar-refractivity contribution in [3.63, 3.8) is 0 Å². The minimum absolute atomic E-state index is 0.168. The van der Waals surface area contributed by atoms with Crippen LogP contribution in [0.15, 0.2) is 17.0 Å². The van der Waals surface area contributed by atoms with E-state index in [0.717, 1.165) is 12.1 Å². The first kappa shape index (κ1) is 17.7. The van der Waals surface area contributed by atoms with E-state index in [2.05, 4.69) is 10.0 Å². The van der Waals surface area contributed by atoms with Gasteiger partial charge >= 0.3 is 0 Å². The number of nitrogens with one attached hydrogen (secondary N) is 2. The van der Waals surface area contributed by atoms with Crippen molar-refractivity contribution in [2.24, 2.45) is 0 Å². The zero-order valence-corrected chi connectivity index (χ0v) is 14.0. The molecule has 1 aromatic rings. The fourth-order valence-corrected chi connectivity index (χ4v) is 3.26. The Morgan fingerprint density at radius 1 is 1.19 bits per heavy atom. The summed E-state index contributed by atoms with van der Waals surface area (Å²) < 4.78 is 37.8. The minimum atomic E-state index is -3.58. The smallest absolute Gasteiger partial charge is 0.240 e. The third kappa shape index (κ3) is 4.59. The Hall–Kier alpha value is -1.31. The molecular weight excluding hydrogens is 292 g/mol. The van der Waals surface area contributed by atoms with Gasteiger partial charge in [0.15, 0.2) is 11.5 Å². The predicted octanol–water partition coefficient (Wildman–Crippen LogP) is 1.50. The van der Waals surface area contributed by atoms with Crippen molar-refractivity contribution in [1.29, 1.82) is 0 Å². The van der Waals surface area contributed by atoms with Crippen LogP contribution in [0.1, 0.15) is 26.3 Å². The topological polar surface area (TPSA) is 76.7 Å². The molecule has 1 aromatic carbocycles. The largest absolute Gasteiger partial charge is 0.493 e. The molecule has 6 nitrogen and oxygen atoms in total. The first-order chi connectivity index (χ1) is 9.85. The van der Waals surface area contributed by atoms with Crippen LogP contribution in [0.5, 0.6) is 11.5 Å². The highest BCUT2D eigenvalue weighted by Gasteiger charge is 2.21. The Kier molecular flexibility index (Phi) is 6.44. The molecule has 0 spiro atoms. The lowest BCUT2D eigenvalue weighted by Crippen LogP contribution is -2.30. The molecule has 120 valence electrons. The lowest BCUT2D eigenvalue weighted by atomic mass is 10.2. The number of sulfonamides is 1. The van der Waals surface area contributed by atoms with Crippen molar-refractivity contribution in [1.82, 2.24) is 10.0 Å². The van der Waals surface area contributed by atoms with E-state index in [9.17, 15) is 8.42 Å². The summed E-state index contributed by atoms with van der Waals surface area (Å²) >= 11 is 0. The number of hydrogen-bond donors (Lipinski definition) is 2. The lowest BCUT2D eigenvalue weighted by molar-refractivity contribution is 0.349. The summed E-state index contributed by atoms with van der Waals surface area (Å²) in [6.45, 7) is 6.80. The van der Waals surface area contributed by atoms with Crippen LogP contribution in [0.25, 0.3) is 0 Å². The molecular formula is C14H24N2O4S. The zero-order valence-electron chi connectivity index (χ0n) is 13.2. The van der Waals surface area contributed by atoms with Crippen LogP contribution in [-0.2, 0) is 16.6 Å². The molecule has 1 rings (SSSR count). The summed E-state index contributed by atoms with van der Waals surface area (Å²) in [5.74, 6) is 0.944. The lowest BCUT2D eigenvalue weighted by Gasteiger charge is -2.16. The number of methoxy groups -OCH3 is 2. The highest BCUT2D eigenvalue weighted by atomic mass is 32.2. The van der Waals surface area contributed by atoms with Crippen LogP contribution >= 0.6 is 0 Å². The molecule has 0 bridgehead atoms. The quantitative estimate of drug-likeness (QED) is 0.760. The number of rotatable bonds is 8. The van der Waals surface area contributed by atoms with Crippen molar-refractivity contribution in [2.75, 3.05) is 20.8 Å². The molecule has 0 heterocycles. The van der Waals surface area contributed by atoms with E-state index >= 15 is 0 Å². The van der Waals surface area contributed by atoms with Crippen LogP contribution in [0, 0.1) is 0 Å². The molecule has 0 unspecified atom stereocenters. The second-order valence-electron chi connectivity index (χ2n) is 4.87. The summed E-state index contributed by atoms with van der Waals surface area (Å²) in [6.07, 6.45) is 0. The zero-order chi connectivity index (χ0) is 16.0. The number of ether oxygens (including phenoxy) is 2. The Bertz CT molecular complexity index is 571. The summed E-state index contributed by atoms with van der Waals surface area (Å²) in [7, 11) is -0.555. The van der Waals surface area contributed by atoms with E-state index in [1.165, 1.54) is 20.3 Å². The SMILES string of the molecule is CCNCc1cc(S(=O)(=O)NC(C)C)cc(OC)c1OC. The summed E-state index contributed by atoms with van der Waals surface area (Å²) in [5.41, 5.74) is 0.739. The molecule has 0 aliphatic rings. The van der Waals surface area contributed by atoms with E-state index in [1.807, 2.05) is 6.92 Å². The minimum Gasteiger partial charge on any atom is -0.493 e. The van der Waals surface area contributed by atoms with Crippen LogP contribution < -0.4 is 19.5 Å². The van der Waals surface area contributed by atoms with Crippen molar-refractivity contribution in [3.8, 4) is 11.5 Å². The summed E-state index contributed by atoms with van der Waals surface area (Å²) in [5, 5.41) is 3.16. The Morgan fingerprint density at radius 2 is 1.86 bits per heavy atom. The molecule has 0 atom stereocenters. The van der Waals surface area contributed by atoms with Gasteiger partial charge in [-0.15, -0.1) is 0 Å². The fraction of sp³-hybridized carbons (Fsp3) is 0.571. The van der Waals surface area contributed by atoms with Gasteiger partial charge in [0, 0.05) is 24.2 Å². The van der Waals surface area contributed by atoms with Crippen LogP contribution in [0.4, 0.5) is 0 Å². The third-order valence-corrected chi connectivity index (χ3v) is 4.43. The van der Waals surface area contributed by atoms with Crippen LogP contribution in [-0.4, -0.2) is 35.2 Å². The highest BCUT2D eigenvalue weighted by molar-refractivity contribution is 7.89. The molecule has 0 aliphatic carbocycles. The Balaban J connectivity index is 3.34. The maximum absolute atomic E-state index is 12.3. The molecule has 0 fully saturated rings. The van der Waals surface area contributed by atoms with Gasteiger partial charge in [-0.25, -0.2) is 13.1 Å². The first-order valence-electron chi connectivity index (χ1n) is 6.83. The average molecular weight is 316 g/mol. The molecule has 21 heavy (non-hydrogen) atoms. The van der Waals surface area contributed by atoms with E-state index in [1.54, 1.807) is 19.9 Å². The van der Waals surface area contributed by atoms with E-state index in [4.69, 9.17) is 9.47 Å². The van der Waals surface area contributed by atoms with Gasteiger partial charge in [-0.2, -0.15) is 0 Å². The average Bonchev–Trinajstić information content (AvgIpc) is 2.42. The van der Waals surface area contributed by atoms with Crippen LogP contribution in [0.2, 0.25) is 0 Å². The molecule has 7 heteroatoms. The second kappa shape index (κ2) is 7.63. The Labute approximate surface area is 126 Å². The van der Waals surface area contributed by atoms with E-state index < -0.39 is 10.0 Å². The molecule has 0 aliphatic heterocycles. The van der Waals surface area contributed by atoms with Crippen LogP contribution in [0.3, 0.4) is 0 Å². The van der Waals surface area contributed by atoms with Crippen molar-refractivity contribution in [3.05, 3.63) is 17.7 Å². The van der Waals surface area contributed by atoms with Gasteiger partial charge in [0.25, 0.3) is 0 Å². The van der Waals surface area contributed by atoms with Gasteiger partial charge in [-0.3, -0.25) is 0 Å².